The van der Waals surface area contributed by atoms with Gasteiger partial charge >= 0.3 is 5.97 Å². The number of rotatable bonds is 6. The van der Waals surface area contributed by atoms with Crippen LogP contribution < -0.4 is 0 Å². The number of esters is 1. The highest BCUT2D eigenvalue weighted by molar-refractivity contribution is 5.85. The van der Waals surface area contributed by atoms with Gasteiger partial charge in [-0.05, 0) is 17.2 Å². The van der Waals surface area contributed by atoms with Crippen molar-refractivity contribution in [3.63, 3.8) is 0 Å². The van der Waals surface area contributed by atoms with Gasteiger partial charge in [-0.1, -0.05) is 72.8 Å². The minimum Gasteiger partial charge on any atom is -0.458 e. The molecule has 3 rings (SSSR count). The summed E-state index contributed by atoms with van der Waals surface area (Å²) >= 11 is 0. The van der Waals surface area contributed by atoms with Crippen molar-refractivity contribution in [1.29, 1.82) is 0 Å². The van der Waals surface area contributed by atoms with Crippen molar-refractivity contribution in [2.75, 3.05) is 0 Å². The molecule has 136 valence electrons. The fourth-order valence-corrected chi connectivity index (χ4v) is 2.82. The van der Waals surface area contributed by atoms with Crippen molar-refractivity contribution < 1.29 is 19.6 Å². The predicted molar refractivity (Wildman–Crippen MR) is 98.8 cm³/mol. The van der Waals surface area contributed by atoms with Gasteiger partial charge in [-0.25, -0.2) is 4.79 Å². The molecule has 0 bridgehead atoms. The van der Waals surface area contributed by atoms with Gasteiger partial charge in [0.15, 0.2) is 0 Å². The number of ether oxygens (including phenoxy) is 1. The molecular formula is C21H17NO5. The topological polar surface area (TPSA) is 89.7 Å². The molecule has 0 fully saturated rings. The number of carbonyl (C=O) groups excluding carboxylic acids is 1. The SMILES string of the molecule is O=C(OCc1ccccc1[N+](=O)[O-])C(O)(c1ccccc1)c1ccccc1. The first-order chi connectivity index (χ1) is 13.0. The number of aliphatic hydroxyl groups is 1. The van der Waals surface area contributed by atoms with Crippen LogP contribution in [0.5, 0.6) is 0 Å². The zero-order chi connectivity index (χ0) is 19.3. The van der Waals surface area contributed by atoms with E-state index in [1.807, 2.05) is 0 Å². The van der Waals surface area contributed by atoms with Gasteiger partial charge in [0.05, 0.1) is 10.5 Å². The molecule has 0 aliphatic carbocycles. The lowest BCUT2D eigenvalue weighted by molar-refractivity contribution is -0.385. The summed E-state index contributed by atoms with van der Waals surface area (Å²) in [6.45, 7) is -0.321. The summed E-state index contributed by atoms with van der Waals surface area (Å²) in [5.74, 6) is -0.905. The molecule has 0 atom stereocenters. The molecular weight excluding hydrogens is 346 g/mol. The summed E-state index contributed by atoms with van der Waals surface area (Å²) in [7, 11) is 0. The zero-order valence-electron chi connectivity index (χ0n) is 14.3. The van der Waals surface area contributed by atoms with Crippen LogP contribution >= 0.6 is 0 Å². The van der Waals surface area contributed by atoms with E-state index in [-0.39, 0.29) is 17.9 Å². The number of hydrogen-bond acceptors (Lipinski definition) is 5. The van der Waals surface area contributed by atoms with Crippen LogP contribution in [0.15, 0.2) is 84.9 Å². The van der Waals surface area contributed by atoms with Gasteiger partial charge in [-0.15, -0.1) is 0 Å². The third-order valence-electron chi connectivity index (χ3n) is 4.23. The van der Waals surface area contributed by atoms with E-state index in [9.17, 15) is 20.0 Å². The maximum absolute atomic E-state index is 12.9. The van der Waals surface area contributed by atoms with Crippen LogP contribution in [0.1, 0.15) is 16.7 Å². The van der Waals surface area contributed by atoms with E-state index in [4.69, 9.17) is 4.74 Å². The minimum absolute atomic E-state index is 0.145. The fourth-order valence-electron chi connectivity index (χ4n) is 2.82. The van der Waals surface area contributed by atoms with Crippen LogP contribution in [-0.2, 0) is 21.7 Å². The first-order valence-corrected chi connectivity index (χ1v) is 8.26. The Hall–Kier alpha value is -3.51. The Morgan fingerprint density at radius 3 is 1.89 bits per heavy atom. The highest BCUT2D eigenvalue weighted by atomic mass is 16.6. The van der Waals surface area contributed by atoms with E-state index in [0.717, 1.165) is 0 Å². The third kappa shape index (κ3) is 3.70. The second-order valence-electron chi connectivity index (χ2n) is 5.90. The van der Waals surface area contributed by atoms with Gasteiger partial charge in [0.1, 0.15) is 6.61 Å². The van der Waals surface area contributed by atoms with Crippen LogP contribution in [0.25, 0.3) is 0 Å². The lowest BCUT2D eigenvalue weighted by atomic mass is 9.86. The number of para-hydroxylation sites is 1. The summed E-state index contributed by atoms with van der Waals surface area (Å²) in [5, 5.41) is 22.4. The van der Waals surface area contributed by atoms with Crippen LogP contribution in [0.4, 0.5) is 5.69 Å². The molecule has 0 aliphatic heterocycles. The summed E-state index contributed by atoms with van der Waals surface area (Å²) in [4.78, 5) is 23.5. The van der Waals surface area contributed by atoms with E-state index in [0.29, 0.717) is 11.1 Å². The molecule has 3 aromatic carbocycles. The Labute approximate surface area is 155 Å². The Kier molecular flexibility index (Phi) is 5.28. The van der Waals surface area contributed by atoms with Crippen LogP contribution in [0.2, 0.25) is 0 Å². The van der Waals surface area contributed by atoms with Crippen molar-refractivity contribution in [2.45, 2.75) is 12.2 Å². The molecule has 6 heteroatoms. The molecule has 6 nitrogen and oxygen atoms in total. The van der Waals surface area contributed by atoms with Gasteiger partial charge in [0, 0.05) is 6.07 Å². The van der Waals surface area contributed by atoms with Gasteiger partial charge in [0.2, 0.25) is 5.60 Å². The van der Waals surface area contributed by atoms with E-state index < -0.39 is 16.5 Å². The fraction of sp³-hybridized carbons (Fsp3) is 0.0952. The van der Waals surface area contributed by atoms with Crippen molar-refractivity contribution in [3.8, 4) is 0 Å². The lowest BCUT2D eigenvalue weighted by Crippen LogP contribution is -2.38. The molecule has 0 radical (unpaired) electrons. The first-order valence-electron chi connectivity index (χ1n) is 8.26. The predicted octanol–water partition coefficient (Wildman–Crippen LogP) is 3.57. The van der Waals surface area contributed by atoms with Gasteiger partial charge in [0.25, 0.3) is 5.69 Å². The zero-order valence-corrected chi connectivity index (χ0v) is 14.3. The van der Waals surface area contributed by atoms with E-state index >= 15 is 0 Å². The van der Waals surface area contributed by atoms with E-state index in [1.54, 1.807) is 66.7 Å². The van der Waals surface area contributed by atoms with E-state index in [1.165, 1.54) is 18.2 Å². The normalized spacial score (nSPS) is 11.0. The van der Waals surface area contributed by atoms with Crippen LogP contribution in [-0.4, -0.2) is 16.0 Å². The molecule has 0 spiro atoms. The first kappa shape index (κ1) is 18.3. The summed E-state index contributed by atoms with van der Waals surface area (Å²) in [5.41, 5.74) is -1.22. The van der Waals surface area contributed by atoms with Gasteiger partial charge in [-0.3, -0.25) is 10.1 Å². The van der Waals surface area contributed by atoms with Crippen LogP contribution in [0, 0.1) is 10.1 Å². The number of hydrogen-bond donors (Lipinski definition) is 1. The average Bonchev–Trinajstić information content (AvgIpc) is 2.72. The molecule has 1 N–H and O–H groups in total. The third-order valence-corrected chi connectivity index (χ3v) is 4.23. The largest absolute Gasteiger partial charge is 0.458 e. The standard InChI is InChI=1S/C21H17NO5/c23-20(27-15-16-9-7-8-14-19(16)22(25)26)21(24,17-10-3-1-4-11-17)18-12-5-2-6-13-18/h1-14,24H,15H2. The summed E-state index contributed by atoms with van der Waals surface area (Å²) in [6.07, 6.45) is 0. The van der Waals surface area contributed by atoms with Crippen molar-refractivity contribution >= 4 is 11.7 Å². The van der Waals surface area contributed by atoms with Crippen LogP contribution in [0.3, 0.4) is 0 Å². The molecule has 0 saturated heterocycles. The second-order valence-corrected chi connectivity index (χ2v) is 5.90. The highest BCUT2D eigenvalue weighted by Gasteiger charge is 2.41. The molecule has 0 unspecified atom stereocenters. The monoisotopic (exact) mass is 363 g/mol. The average molecular weight is 363 g/mol. The summed E-state index contributed by atoms with van der Waals surface area (Å²) < 4.78 is 5.30. The van der Waals surface area contributed by atoms with Crippen molar-refractivity contribution in [1.82, 2.24) is 0 Å². The number of nitro groups is 1. The second kappa shape index (κ2) is 7.80. The smallest absolute Gasteiger partial charge is 0.348 e. The maximum atomic E-state index is 12.9. The molecule has 0 amide bonds. The lowest BCUT2D eigenvalue weighted by Gasteiger charge is -2.27. The molecule has 0 saturated carbocycles. The van der Waals surface area contributed by atoms with E-state index in [2.05, 4.69) is 0 Å². The van der Waals surface area contributed by atoms with Crippen molar-refractivity contribution in [2.24, 2.45) is 0 Å². The number of carbonyl (C=O) groups is 1. The van der Waals surface area contributed by atoms with Gasteiger partial charge < -0.3 is 9.84 Å². The number of nitro benzene ring substituents is 1. The molecule has 27 heavy (non-hydrogen) atoms. The minimum atomic E-state index is -2.02. The Morgan fingerprint density at radius 1 is 0.889 bits per heavy atom. The van der Waals surface area contributed by atoms with Gasteiger partial charge in [-0.2, -0.15) is 0 Å². The summed E-state index contributed by atoms with van der Waals surface area (Å²) in [6, 6.07) is 22.9. The Morgan fingerprint density at radius 2 is 1.37 bits per heavy atom. The molecule has 3 aromatic rings. The van der Waals surface area contributed by atoms with Crippen molar-refractivity contribution in [3.05, 3.63) is 112 Å². The maximum Gasteiger partial charge on any atom is 0.348 e. The quantitative estimate of drug-likeness (QED) is 0.411. The Balaban J connectivity index is 1.93. The molecule has 0 aliphatic rings. The highest BCUT2D eigenvalue weighted by Crippen LogP contribution is 2.31. The molecule has 0 aromatic heterocycles. The Bertz CT molecular complexity index is 902. The molecule has 0 heterocycles. The number of nitrogens with zero attached hydrogens (tertiary/aromatic N) is 1. The number of benzene rings is 3.